The summed E-state index contributed by atoms with van der Waals surface area (Å²) in [6.45, 7) is 3.65. The van der Waals surface area contributed by atoms with Crippen molar-refractivity contribution in [3.63, 3.8) is 0 Å². The Morgan fingerprint density at radius 1 is 1.04 bits per heavy atom. The summed E-state index contributed by atoms with van der Waals surface area (Å²) in [5.74, 6) is -0.221. The predicted molar refractivity (Wildman–Crippen MR) is 111 cm³/mol. The van der Waals surface area contributed by atoms with Crippen LogP contribution in [0.2, 0.25) is 0 Å². The largest absolute Gasteiger partial charge is 0.326 e. The molecule has 0 fully saturated rings. The van der Waals surface area contributed by atoms with E-state index in [1.807, 2.05) is 18.2 Å². The van der Waals surface area contributed by atoms with E-state index in [1.165, 1.54) is 36.7 Å². The second kappa shape index (κ2) is 8.77. The number of nitrogens with one attached hydrogen (secondary N) is 2. The highest BCUT2D eigenvalue weighted by atomic mass is 32.1. The van der Waals surface area contributed by atoms with Crippen LogP contribution >= 0.6 is 11.3 Å². The number of carbonyl (C=O) groups excluding carboxylic acids is 2. The lowest BCUT2D eigenvalue weighted by Crippen LogP contribution is -2.14. The average molecular weight is 382 g/mol. The molecule has 0 saturated heterocycles. The van der Waals surface area contributed by atoms with Crippen LogP contribution in [-0.4, -0.2) is 16.8 Å². The van der Waals surface area contributed by atoms with E-state index >= 15 is 0 Å². The van der Waals surface area contributed by atoms with E-state index in [4.69, 9.17) is 0 Å². The Morgan fingerprint density at radius 2 is 1.78 bits per heavy atom. The fourth-order valence-electron chi connectivity index (χ4n) is 2.82. The van der Waals surface area contributed by atoms with Crippen molar-refractivity contribution >= 4 is 44.2 Å². The Labute approximate surface area is 162 Å². The molecule has 0 aliphatic rings. The first-order valence-electron chi connectivity index (χ1n) is 9.09. The molecule has 3 rings (SSSR count). The molecule has 0 aliphatic heterocycles. The molecule has 0 radical (unpaired) electrons. The van der Waals surface area contributed by atoms with Crippen LogP contribution in [0.1, 0.15) is 37.8 Å². The molecular weight excluding hydrogens is 358 g/mol. The van der Waals surface area contributed by atoms with Crippen molar-refractivity contribution in [2.24, 2.45) is 0 Å². The molecule has 0 saturated carbocycles. The van der Waals surface area contributed by atoms with E-state index in [2.05, 4.69) is 34.7 Å². The second-order valence-corrected chi connectivity index (χ2v) is 7.56. The number of fused-ring (bicyclic) bond motifs is 1. The van der Waals surface area contributed by atoms with Gasteiger partial charge in [0.25, 0.3) is 0 Å². The number of carbonyl (C=O) groups is 2. The molecule has 140 valence electrons. The second-order valence-electron chi connectivity index (χ2n) is 6.53. The number of hydrogen-bond donors (Lipinski definition) is 2. The quantitative estimate of drug-likeness (QED) is 0.619. The zero-order chi connectivity index (χ0) is 19.2. The van der Waals surface area contributed by atoms with E-state index in [0.717, 1.165) is 27.9 Å². The molecule has 5 nitrogen and oxygen atoms in total. The molecule has 2 aromatic carbocycles. The zero-order valence-corrected chi connectivity index (χ0v) is 16.4. The van der Waals surface area contributed by atoms with Crippen LogP contribution in [0.15, 0.2) is 42.5 Å². The molecule has 3 aromatic rings. The molecule has 2 amide bonds. The van der Waals surface area contributed by atoms with Crippen molar-refractivity contribution in [1.82, 2.24) is 4.98 Å². The summed E-state index contributed by atoms with van der Waals surface area (Å²) in [4.78, 5) is 27.9. The predicted octanol–water partition coefficient (Wildman–Crippen LogP) is 4.78. The minimum absolute atomic E-state index is 0.104. The highest BCUT2D eigenvalue weighted by Crippen LogP contribution is 2.27. The van der Waals surface area contributed by atoms with Crippen molar-refractivity contribution < 1.29 is 9.59 Å². The topological polar surface area (TPSA) is 71.1 Å². The molecule has 2 N–H and O–H groups in total. The van der Waals surface area contributed by atoms with Gasteiger partial charge >= 0.3 is 0 Å². The van der Waals surface area contributed by atoms with Gasteiger partial charge < -0.3 is 10.6 Å². The lowest BCUT2D eigenvalue weighted by atomic mass is 10.1. The number of hydrogen-bond acceptors (Lipinski definition) is 4. The molecule has 0 aliphatic carbocycles. The molecule has 0 bridgehead atoms. The van der Waals surface area contributed by atoms with Gasteiger partial charge in [-0.05, 0) is 48.2 Å². The first-order valence-corrected chi connectivity index (χ1v) is 9.91. The van der Waals surface area contributed by atoms with Crippen LogP contribution in [0.3, 0.4) is 0 Å². The highest BCUT2D eigenvalue weighted by Gasteiger charge is 2.09. The molecule has 6 heteroatoms. The van der Waals surface area contributed by atoms with Gasteiger partial charge in [-0.2, -0.15) is 0 Å². The minimum atomic E-state index is -0.116. The molecule has 0 atom stereocenters. The Bertz CT molecular complexity index is 948. The monoisotopic (exact) mass is 381 g/mol. The summed E-state index contributed by atoms with van der Waals surface area (Å²) >= 11 is 1.50. The number of anilines is 2. The summed E-state index contributed by atoms with van der Waals surface area (Å²) in [7, 11) is 0. The van der Waals surface area contributed by atoms with Crippen molar-refractivity contribution in [1.29, 1.82) is 0 Å². The maximum absolute atomic E-state index is 12.3. The van der Waals surface area contributed by atoms with Gasteiger partial charge in [0.1, 0.15) is 0 Å². The molecular formula is C21H23N3O2S. The third-order valence-corrected chi connectivity index (χ3v) is 5.09. The number of benzene rings is 2. The number of aromatic nitrogens is 1. The summed E-state index contributed by atoms with van der Waals surface area (Å²) in [5, 5.41) is 6.22. The smallest absolute Gasteiger partial charge is 0.230 e. The van der Waals surface area contributed by atoms with Crippen LogP contribution in [-0.2, 0) is 22.4 Å². The van der Waals surface area contributed by atoms with Gasteiger partial charge in [0.15, 0.2) is 5.13 Å². The maximum atomic E-state index is 12.3. The summed E-state index contributed by atoms with van der Waals surface area (Å²) in [6, 6.07) is 13.6. The SMILES string of the molecule is CCCCc1ccc2nc(NC(=O)Cc3ccc(NC(C)=O)cc3)sc2c1. The molecule has 1 heterocycles. The van der Waals surface area contributed by atoms with Crippen molar-refractivity contribution in [3.05, 3.63) is 53.6 Å². The number of nitrogens with zero attached hydrogens (tertiary/aromatic N) is 1. The third-order valence-electron chi connectivity index (χ3n) is 4.16. The van der Waals surface area contributed by atoms with Gasteiger partial charge in [-0.15, -0.1) is 0 Å². The Balaban J connectivity index is 1.62. The molecule has 1 aromatic heterocycles. The van der Waals surface area contributed by atoms with Gasteiger partial charge in [-0.3, -0.25) is 9.59 Å². The highest BCUT2D eigenvalue weighted by molar-refractivity contribution is 7.22. The Kier molecular flexibility index (Phi) is 6.19. The number of amides is 2. The fourth-order valence-corrected chi connectivity index (χ4v) is 3.76. The number of unbranched alkanes of at least 4 members (excludes halogenated alkanes) is 1. The third kappa shape index (κ3) is 5.37. The average Bonchev–Trinajstić information content (AvgIpc) is 3.02. The van der Waals surface area contributed by atoms with E-state index < -0.39 is 0 Å². The minimum Gasteiger partial charge on any atom is -0.326 e. The van der Waals surface area contributed by atoms with E-state index in [9.17, 15) is 9.59 Å². The molecule has 0 unspecified atom stereocenters. The van der Waals surface area contributed by atoms with Gasteiger partial charge in [0.05, 0.1) is 16.6 Å². The van der Waals surface area contributed by atoms with Crippen molar-refractivity contribution in [3.8, 4) is 0 Å². The Morgan fingerprint density at radius 3 is 2.48 bits per heavy atom. The Hall–Kier alpha value is -2.73. The summed E-state index contributed by atoms with van der Waals surface area (Å²) < 4.78 is 1.10. The molecule has 0 spiro atoms. The van der Waals surface area contributed by atoms with Crippen LogP contribution in [0.25, 0.3) is 10.2 Å². The first-order chi connectivity index (χ1) is 13.0. The standard InChI is InChI=1S/C21H23N3O2S/c1-3-4-5-15-8-11-18-19(12-15)27-21(23-18)24-20(26)13-16-6-9-17(10-7-16)22-14(2)25/h6-12H,3-5,13H2,1-2H3,(H,22,25)(H,23,24,26). The van der Waals surface area contributed by atoms with Crippen LogP contribution in [0.5, 0.6) is 0 Å². The fraction of sp³-hybridized carbons (Fsp3) is 0.286. The van der Waals surface area contributed by atoms with Crippen molar-refractivity contribution in [2.75, 3.05) is 10.6 Å². The lowest BCUT2D eigenvalue weighted by molar-refractivity contribution is -0.116. The van der Waals surface area contributed by atoms with E-state index in [-0.39, 0.29) is 18.2 Å². The number of rotatable bonds is 7. The summed E-state index contributed by atoms with van der Waals surface area (Å²) in [5.41, 5.74) is 3.82. The van der Waals surface area contributed by atoms with E-state index in [0.29, 0.717) is 5.13 Å². The maximum Gasteiger partial charge on any atom is 0.230 e. The zero-order valence-electron chi connectivity index (χ0n) is 15.5. The van der Waals surface area contributed by atoms with Crippen molar-refractivity contribution in [2.45, 2.75) is 39.5 Å². The van der Waals surface area contributed by atoms with Gasteiger partial charge in [-0.1, -0.05) is 42.9 Å². The van der Waals surface area contributed by atoms with Crippen LogP contribution in [0, 0.1) is 0 Å². The number of aryl methyl sites for hydroxylation is 1. The van der Waals surface area contributed by atoms with E-state index in [1.54, 1.807) is 12.1 Å². The number of thiazole rings is 1. The van der Waals surface area contributed by atoms with Gasteiger partial charge in [0, 0.05) is 12.6 Å². The van der Waals surface area contributed by atoms with Gasteiger partial charge in [-0.25, -0.2) is 4.98 Å². The first kappa shape index (κ1) is 19.0. The van der Waals surface area contributed by atoms with Gasteiger partial charge in [0.2, 0.25) is 11.8 Å². The van der Waals surface area contributed by atoms with Crippen LogP contribution in [0.4, 0.5) is 10.8 Å². The van der Waals surface area contributed by atoms with Crippen LogP contribution < -0.4 is 10.6 Å². The summed E-state index contributed by atoms with van der Waals surface area (Å²) in [6.07, 6.45) is 3.68. The molecule has 27 heavy (non-hydrogen) atoms. The normalized spacial score (nSPS) is 10.7. The lowest BCUT2D eigenvalue weighted by Gasteiger charge is -2.04.